The predicted octanol–water partition coefficient (Wildman–Crippen LogP) is 5.50. The second-order valence-electron chi connectivity index (χ2n) is 7.16. The molecular formula is C26H25NO3. The van der Waals surface area contributed by atoms with Gasteiger partial charge in [-0.05, 0) is 54.3 Å². The number of aryl methyl sites for hydroxylation is 2. The molecule has 3 rings (SSSR count). The number of carboxylic acid groups (broad SMARTS) is 1. The normalized spacial score (nSPS) is 10.9. The van der Waals surface area contributed by atoms with E-state index in [0.29, 0.717) is 0 Å². The number of anilines is 1. The Labute approximate surface area is 177 Å². The minimum atomic E-state index is -0.983. The summed E-state index contributed by atoms with van der Waals surface area (Å²) in [5, 5.41) is 9.29. The van der Waals surface area contributed by atoms with Crippen molar-refractivity contribution in [3.63, 3.8) is 0 Å². The SMILES string of the molecule is CCc1ccccc1N(Cc1cccc(C(=O)O)c1)C(=O)/C=C/c1ccc(C)cc1. The highest BCUT2D eigenvalue weighted by Gasteiger charge is 2.17. The number of hydrogen-bond donors (Lipinski definition) is 1. The number of nitrogens with zero attached hydrogens (tertiary/aromatic N) is 1. The van der Waals surface area contributed by atoms with Crippen LogP contribution in [0.3, 0.4) is 0 Å². The van der Waals surface area contributed by atoms with Crippen molar-refractivity contribution in [2.45, 2.75) is 26.8 Å². The number of para-hydroxylation sites is 1. The number of benzene rings is 3. The van der Waals surface area contributed by atoms with Crippen molar-refractivity contribution in [1.29, 1.82) is 0 Å². The number of rotatable bonds is 7. The molecule has 3 aromatic carbocycles. The van der Waals surface area contributed by atoms with E-state index in [9.17, 15) is 14.7 Å². The van der Waals surface area contributed by atoms with Gasteiger partial charge in [0.15, 0.2) is 0 Å². The topological polar surface area (TPSA) is 57.6 Å². The van der Waals surface area contributed by atoms with Crippen LogP contribution in [0.5, 0.6) is 0 Å². The lowest BCUT2D eigenvalue weighted by atomic mass is 10.1. The molecule has 0 spiro atoms. The van der Waals surface area contributed by atoms with Crippen LogP contribution in [0.15, 0.2) is 78.9 Å². The van der Waals surface area contributed by atoms with Crippen LogP contribution >= 0.6 is 0 Å². The molecule has 0 aliphatic rings. The summed E-state index contributed by atoms with van der Waals surface area (Å²) in [6.07, 6.45) is 4.16. The molecule has 0 aliphatic heterocycles. The molecule has 3 aromatic rings. The average molecular weight is 399 g/mol. The maximum Gasteiger partial charge on any atom is 0.335 e. The minimum absolute atomic E-state index is 0.155. The summed E-state index contributed by atoms with van der Waals surface area (Å²) in [6.45, 7) is 4.36. The number of carboxylic acids is 1. The number of amides is 1. The first-order valence-corrected chi connectivity index (χ1v) is 9.94. The van der Waals surface area contributed by atoms with E-state index >= 15 is 0 Å². The van der Waals surface area contributed by atoms with Crippen molar-refractivity contribution >= 4 is 23.6 Å². The minimum Gasteiger partial charge on any atom is -0.478 e. The van der Waals surface area contributed by atoms with Crippen LogP contribution in [0.4, 0.5) is 5.69 Å². The predicted molar refractivity (Wildman–Crippen MR) is 121 cm³/mol. The lowest BCUT2D eigenvalue weighted by Crippen LogP contribution is -2.29. The van der Waals surface area contributed by atoms with Crippen LogP contribution in [0.1, 0.15) is 39.5 Å². The van der Waals surface area contributed by atoms with Gasteiger partial charge in [0.2, 0.25) is 0 Å². The van der Waals surface area contributed by atoms with Gasteiger partial charge in [-0.15, -0.1) is 0 Å². The van der Waals surface area contributed by atoms with Crippen molar-refractivity contribution < 1.29 is 14.7 Å². The zero-order valence-corrected chi connectivity index (χ0v) is 17.2. The fraction of sp³-hybridized carbons (Fsp3) is 0.154. The van der Waals surface area contributed by atoms with Gasteiger partial charge in [-0.25, -0.2) is 4.79 Å². The van der Waals surface area contributed by atoms with Gasteiger partial charge in [-0.2, -0.15) is 0 Å². The van der Waals surface area contributed by atoms with E-state index in [1.165, 1.54) is 0 Å². The van der Waals surface area contributed by atoms with Gasteiger partial charge in [0.25, 0.3) is 5.91 Å². The molecule has 0 heterocycles. The standard InChI is InChI=1S/C26H25NO3/c1-3-22-8-4-5-10-24(22)27(18-21-7-6-9-23(17-21)26(29)30)25(28)16-15-20-13-11-19(2)12-14-20/h4-17H,3,18H2,1-2H3,(H,29,30)/b16-15+. The van der Waals surface area contributed by atoms with Crippen molar-refractivity contribution in [3.05, 3.63) is 107 Å². The molecule has 0 unspecified atom stereocenters. The molecular weight excluding hydrogens is 374 g/mol. The first-order valence-electron chi connectivity index (χ1n) is 9.94. The van der Waals surface area contributed by atoms with E-state index in [2.05, 4.69) is 6.92 Å². The maximum atomic E-state index is 13.2. The number of carbonyl (C=O) groups is 2. The molecule has 4 heteroatoms. The van der Waals surface area contributed by atoms with Crippen molar-refractivity contribution in [1.82, 2.24) is 0 Å². The molecule has 0 saturated heterocycles. The molecule has 1 amide bonds. The summed E-state index contributed by atoms with van der Waals surface area (Å²) >= 11 is 0. The Balaban J connectivity index is 1.94. The maximum absolute atomic E-state index is 13.2. The largest absolute Gasteiger partial charge is 0.478 e. The van der Waals surface area contributed by atoms with Crippen LogP contribution < -0.4 is 4.90 Å². The van der Waals surface area contributed by atoms with Crippen LogP contribution in [-0.2, 0) is 17.8 Å². The zero-order valence-electron chi connectivity index (χ0n) is 17.2. The molecule has 30 heavy (non-hydrogen) atoms. The Morgan fingerprint density at radius 3 is 2.40 bits per heavy atom. The van der Waals surface area contributed by atoms with E-state index in [4.69, 9.17) is 0 Å². The lowest BCUT2D eigenvalue weighted by Gasteiger charge is -2.24. The second kappa shape index (κ2) is 9.70. The van der Waals surface area contributed by atoms with E-state index in [1.54, 1.807) is 35.3 Å². The van der Waals surface area contributed by atoms with Crippen LogP contribution in [0.2, 0.25) is 0 Å². The highest BCUT2D eigenvalue weighted by molar-refractivity contribution is 6.04. The number of carbonyl (C=O) groups excluding carboxylic acids is 1. The Kier molecular flexibility index (Phi) is 6.81. The van der Waals surface area contributed by atoms with Crippen molar-refractivity contribution in [3.8, 4) is 0 Å². The Morgan fingerprint density at radius 1 is 0.967 bits per heavy atom. The fourth-order valence-corrected chi connectivity index (χ4v) is 3.28. The third-order valence-corrected chi connectivity index (χ3v) is 4.94. The summed E-state index contributed by atoms with van der Waals surface area (Å²) in [5.41, 5.74) is 4.97. The molecule has 0 aromatic heterocycles. The van der Waals surface area contributed by atoms with Crippen molar-refractivity contribution in [2.24, 2.45) is 0 Å². The number of aromatic carboxylic acids is 1. The Hall–Kier alpha value is -3.66. The fourth-order valence-electron chi connectivity index (χ4n) is 3.28. The molecule has 4 nitrogen and oxygen atoms in total. The molecule has 0 radical (unpaired) electrons. The quantitative estimate of drug-likeness (QED) is 0.534. The van der Waals surface area contributed by atoms with Crippen LogP contribution in [0.25, 0.3) is 6.08 Å². The van der Waals surface area contributed by atoms with Gasteiger partial charge < -0.3 is 10.0 Å². The summed E-state index contributed by atoms with van der Waals surface area (Å²) < 4.78 is 0. The molecule has 0 bridgehead atoms. The third kappa shape index (κ3) is 5.23. The van der Waals surface area contributed by atoms with Gasteiger partial charge in [0, 0.05) is 11.8 Å². The van der Waals surface area contributed by atoms with Gasteiger partial charge >= 0.3 is 5.97 Å². The highest BCUT2D eigenvalue weighted by Crippen LogP contribution is 2.24. The smallest absolute Gasteiger partial charge is 0.335 e. The van der Waals surface area contributed by atoms with Crippen LogP contribution in [0, 0.1) is 6.92 Å². The van der Waals surface area contributed by atoms with E-state index in [1.807, 2.05) is 61.5 Å². The molecule has 1 N–H and O–H groups in total. The Morgan fingerprint density at radius 2 is 1.70 bits per heavy atom. The molecule has 0 fully saturated rings. The van der Waals surface area contributed by atoms with Gasteiger partial charge in [-0.1, -0.05) is 67.1 Å². The van der Waals surface area contributed by atoms with Gasteiger partial charge in [0.05, 0.1) is 12.1 Å². The lowest BCUT2D eigenvalue weighted by molar-refractivity contribution is -0.114. The van der Waals surface area contributed by atoms with Crippen LogP contribution in [-0.4, -0.2) is 17.0 Å². The molecule has 0 aliphatic carbocycles. The number of hydrogen-bond acceptors (Lipinski definition) is 2. The second-order valence-corrected chi connectivity index (χ2v) is 7.16. The summed E-state index contributed by atoms with van der Waals surface area (Å²) in [7, 11) is 0. The summed E-state index contributed by atoms with van der Waals surface area (Å²) in [5.74, 6) is -1.14. The van der Waals surface area contributed by atoms with Gasteiger partial charge in [0.1, 0.15) is 0 Å². The van der Waals surface area contributed by atoms with Crippen molar-refractivity contribution in [2.75, 3.05) is 4.90 Å². The highest BCUT2D eigenvalue weighted by atomic mass is 16.4. The van der Waals surface area contributed by atoms with Gasteiger partial charge in [-0.3, -0.25) is 4.79 Å². The molecule has 0 atom stereocenters. The average Bonchev–Trinajstić information content (AvgIpc) is 2.77. The van der Waals surface area contributed by atoms with E-state index < -0.39 is 5.97 Å². The first kappa shape index (κ1) is 21.1. The molecule has 152 valence electrons. The summed E-state index contributed by atoms with van der Waals surface area (Å²) in [4.78, 5) is 26.2. The zero-order chi connectivity index (χ0) is 21.5. The first-order chi connectivity index (χ1) is 14.5. The van der Waals surface area contributed by atoms with E-state index in [0.717, 1.165) is 34.4 Å². The Bertz CT molecular complexity index is 1070. The summed E-state index contributed by atoms with van der Waals surface area (Å²) in [6, 6.07) is 22.5. The van der Waals surface area contributed by atoms with E-state index in [-0.39, 0.29) is 18.0 Å². The monoisotopic (exact) mass is 399 g/mol. The third-order valence-electron chi connectivity index (χ3n) is 4.94. The molecule has 0 saturated carbocycles.